The molecule has 0 aliphatic carbocycles. The maximum absolute atomic E-state index is 14.8. The molecule has 2 heterocycles. The summed E-state index contributed by atoms with van der Waals surface area (Å²) in [5.41, 5.74) is 0.562. The molecule has 4 rings (SSSR count). The molecule has 0 fully saturated rings. The third kappa shape index (κ3) is 4.52. The maximum Gasteiger partial charge on any atom is 0.331 e. The first-order valence-corrected chi connectivity index (χ1v) is 11.4. The summed E-state index contributed by atoms with van der Waals surface area (Å²) in [4.78, 5) is 28.0. The molecule has 2 amide bonds. The molecular formula is C21H15ClFN3O4S2. The van der Waals surface area contributed by atoms with Crippen LogP contribution in [0.25, 0.3) is 22.0 Å². The number of pyridine rings is 1. The summed E-state index contributed by atoms with van der Waals surface area (Å²) in [6, 6.07) is 11.2. The van der Waals surface area contributed by atoms with Gasteiger partial charge in [0.25, 0.3) is 0 Å². The van der Waals surface area contributed by atoms with Crippen LogP contribution in [-0.2, 0) is 11.0 Å². The summed E-state index contributed by atoms with van der Waals surface area (Å²) in [5, 5.41) is 2.77. The van der Waals surface area contributed by atoms with Crippen molar-refractivity contribution in [2.75, 3.05) is 12.4 Å². The minimum absolute atomic E-state index is 0.0683. The number of aromatic nitrogens is 1. The van der Waals surface area contributed by atoms with Crippen molar-refractivity contribution >= 4 is 56.5 Å². The average molecular weight is 492 g/mol. The predicted molar refractivity (Wildman–Crippen MR) is 124 cm³/mol. The Morgan fingerprint density at radius 3 is 2.66 bits per heavy atom. The van der Waals surface area contributed by atoms with Gasteiger partial charge in [0.1, 0.15) is 15.8 Å². The number of thiophene rings is 1. The van der Waals surface area contributed by atoms with E-state index in [1.165, 1.54) is 31.5 Å². The summed E-state index contributed by atoms with van der Waals surface area (Å²) < 4.78 is 35.2. The van der Waals surface area contributed by atoms with Crippen molar-refractivity contribution in [3.8, 4) is 16.9 Å². The molecule has 32 heavy (non-hydrogen) atoms. The summed E-state index contributed by atoms with van der Waals surface area (Å²) in [6.07, 6.45) is 1.44. The quantitative estimate of drug-likeness (QED) is 0.369. The fourth-order valence-corrected chi connectivity index (χ4v) is 5.15. The monoisotopic (exact) mass is 491 g/mol. The lowest BCUT2D eigenvalue weighted by molar-refractivity contribution is 0.257. The number of hydrogen-bond donors (Lipinski definition) is 3. The molecule has 4 aromatic rings. The zero-order valence-electron chi connectivity index (χ0n) is 16.4. The molecule has 0 radical (unpaired) electrons. The van der Waals surface area contributed by atoms with E-state index in [2.05, 4.69) is 15.0 Å². The molecule has 0 bridgehead atoms. The molecule has 2 aromatic carbocycles. The second-order valence-electron chi connectivity index (χ2n) is 6.52. The SMILES string of the molecule is COc1ccc2[nH]cc(-c3ccc(NC(=O)NS(=O)c4ccc(Cl)s4)cc3F)c(=O)c2c1. The normalized spacial score (nSPS) is 11.8. The van der Waals surface area contributed by atoms with Crippen molar-refractivity contribution < 1.29 is 18.1 Å². The lowest BCUT2D eigenvalue weighted by Gasteiger charge is -2.09. The molecule has 0 aliphatic heterocycles. The minimum atomic E-state index is -1.80. The lowest BCUT2D eigenvalue weighted by Crippen LogP contribution is -2.30. The van der Waals surface area contributed by atoms with Gasteiger partial charge >= 0.3 is 6.03 Å². The van der Waals surface area contributed by atoms with Crippen molar-refractivity contribution in [1.29, 1.82) is 0 Å². The van der Waals surface area contributed by atoms with E-state index in [-0.39, 0.29) is 22.2 Å². The van der Waals surface area contributed by atoms with E-state index in [1.54, 1.807) is 24.3 Å². The maximum atomic E-state index is 14.8. The minimum Gasteiger partial charge on any atom is -0.497 e. The summed E-state index contributed by atoms with van der Waals surface area (Å²) >= 11 is 6.87. The van der Waals surface area contributed by atoms with Gasteiger partial charge in [0, 0.05) is 33.9 Å². The smallest absolute Gasteiger partial charge is 0.331 e. The number of fused-ring (bicyclic) bond motifs is 1. The number of rotatable bonds is 5. The van der Waals surface area contributed by atoms with Gasteiger partial charge in [-0.25, -0.2) is 13.4 Å². The molecule has 11 heteroatoms. The van der Waals surface area contributed by atoms with Crippen molar-refractivity contribution in [3.63, 3.8) is 0 Å². The summed E-state index contributed by atoms with van der Waals surface area (Å²) in [7, 11) is -0.311. The van der Waals surface area contributed by atoms with Gasteiger partial charge in [-0.05, 0) is 48.5 Å². The largest absolute Gasteiger partial charge is 0.497 e. The molecule has 164 valence electrons. The number of hydrogen-bond acceptors (Lipinski definition) is 5. The first kappa shape index (κ1) is 22.0. The Morgan fingerprint density at radius 2 is 1.97 bits per heavy atom. The molecule has 0 aliphatic rings. The molecule has 1 unspecified atom stereocenters. The van der Waals surface area contributed by atoms with Gasteiger partial charge in [-0.2, -0.15) is 0 Å². The third-order valence-corrected chi connectivity index (χ3v) is 7.12. The van der Waals surface area contributed by atoms with E-state index in [4.69, 9.17) is 16.3 Å². The van der Waals surface area contributed by atoms with Gasteiger partial charge in [0.2, 0.25) is 0 Å². The van der Waals surface area contributed by atoms with Crippen molar-refractivity contribution in [1.82, 2.24) is 9.71 Å². The van der Waals surface area contributed by atoms with Gasteiger partial charge in [0.15, 0.2) is 16.4 Å². The summed E-state index contributed by atoms with van der Waals surface area (Å²) in [6.45, 7) is 0. The van der Waals surface area contributed by atoms with Crippen LogP contribution in [-0.4, -0.2) is 22.3 Å². The fourth-order valence-electron chi connectivity index (χ4n) is 3.02. The highest BCUT2D eigenvalue weighted by Gasteiger charge is 2.15. The second kappa shape index (κ2) is 9.11. The topological polar surface area (TPSA) is 100 Å². The molecule has 0 saturated heterocycles. The number of aromatic amines is 1. The Labute approximate surface area is 192 Å². The lowest BCUT2D eigenvalue weighted by atomic mass is 10.0. The van der Waals surface area contributed by atoms with Crippen LogP contribution < -0.4 is 20.2 Å². The van der Waals surface area contributed by atoms with Crippen LogP contribution in [0, 0.1) is 5.82 Å². The van der Waals surface area contributed by atoms with Gasteiger partial charge in [-0.3, -0.25) is 9.52 Å². The Bertz CT molecular complexity index is 1420. The zero-order chi connectivity index (χ0) is 22.8. The predicted octanol–water partition coefficient (Wildman–Crippen LogP) is 4.90. The van der Waals surface area contributed by atoms with Crippen molar-refractivity contribution in [3.05, 3.63) is 75.1 Å². The van der Waals surface area contributed by atoms with Gasteiger partial charge in [-0.15, -0.1) is 11.3 Å². The number of nitrogens with one attached hydrogen (secondary N) is 3. The van der Waals surface area contributed by atoms with Crippen molar-refractivity contribution in [2.45, 2.75) is 4.21 Å². The van der Waals surface area contributed by atoms with E-state index in [0.29, 0.717) is 25.2 Å². The van der Waals surface area contributed by atoms with Crippen LogP contribution in [0.1, 0.15) is 0 Å². The van der Waals surface area contributed by atoms with Crippen molar-refractivity contribution in [2.24, 2.45) is 0 Å². The highest BCUT2D eigenvalue weighted by atomic mass is 35.5. The number of carbonyl (C=O) groups excluding carboxylic acids is 1. The number of H-pyrrole nitrogens is 1. The first-order chi connectivity index (χ1) is 15.4. The molecule has 1 atom stereocenters. The molecular weight excluding hydrogens is 477 g/mol. The van der Waals surface area contributed by atoms with E-state index in [1.807, 2.05) is 0 Å². The van der Waals surface area contributed by atoms with Crippen LogP contribution >= 0.6 is 22.9 Å². The van der Waals surface area contributed by atoms with Gasteiger partial charge < -0.3 is 15.0 Å². The zero-order valence-corrected chi connectivity index (χ0v) is 18.8. The average Bonchev–Trinajstić information content (AvgIpc) is 3.21. The third-order valence-electron chi connectivity index (χ3n) is 4.52. The molecule has 2 aromatic heterocycles. The number of amides is 2. The first-order valence-electron chi connectivity index (χ1n) is 9.10. The van der Waals surface area contributed by atoms with E-state index in [9.17, 15) is 18.2 Å². The number of urea groups is 1. The van der Waals surface area contributed by atoms with Gasteiger partial charge in [0.05, 0.1) is 11.4 Å². The molecule has 0 spiro atoms. The second-order valence-corrected chi connectivity index (χ2v) is 9.68. The van der Waals surface area contributed by atoms with Crippen LogP contribution in [0.4, 0.5) is 14.9 Å². The number of anilines is 1. The van der Waals surface area contributed by atoms with E-state index >= 15 is 0 Å². The van der Waals surface area contributed by atoms with Crippen LogP contribution in [0.5, 0.6) is 5.75 Å². The Balaban J connectivity index is 1.56. The molecule has 0 saturated carbocycles. The molecule has 7 nitrogen and oxygen atoms in total. The summed E-state index contributed by atoms with van der Waals surface area (Å²) in [5.74, 6) is -0.199. The Kier molecular flexibility index (Phi) is 6.26. The fraction of sp³-hybridized carbons (Fsp3) is 0.0476. The van der Waals surface area contributed by atoms with E-state index < -0.39 is 22.8 Å². The Morgan fingerprint density at radius 1 is 1.16 bits per heavy atom. The van der Waals surface area contributed by atoms with E-state index in [0.717, 1.165) is 17.4 Å². The number of methoxy groups -OCH3 is 1. The standard InChI is InChI=1S/C21H15ClFN3O4S2/c1-30-12-3-5-17-14(9-12)20(27)15(10-24-17)13-4-2-11(8-16(13)23)25-21(28)26-32(29)19-7-6-18(22)31-19/h2-10H,1H3,(H,24,27)(H2,25,26,28). The van der Waals surface area contributed by atoms with Crippen LogP contribution in [0.3, 0.4) is 0 Å². The number of carbonyl (C=O) groups is 1. The highest BCUT2D eigenvalue weighted by molar-refractivity contribution is 7.86. The number of benzene rings is 2. The number of ether oxygens (including phenoxy) is 1. The van der Waals surface area contributed by atoms with Crippen LogP contribution in [0.2, 0.25) is 4.34 Å². The highest BCUT2D eigenvalue weighted by Crippen LogP contribution is 2.26. The number of halogens is 2. The van der Waals surface area contributed by atoms with Gasteiger partial charge in [-0.1, -0.05) is 11.6 Å². The van der Waals surface area contributed by atoms with Crippen LogP contribution in [0.15, 0.2) is 63.7 Å². The Hall–Kier alpha value is -3.21. The molecule has 3 N–H and O–H groups in total.